The number of hydrogen-bond acceptors (Lipinski definition) is 4. The van der Waals surface area contributed by atoms with Crippen molar-refractivity contribution in [1.82, 2.24) is 5.48 Å². The minimum atomic E-state index is -0.681. The third kappa shape index (κ3) is 5.77. The number of aliphatic hydroxyl groups excluding tert-OH is 1. The first-order valence-corrected chi connectivity index (χ1v) is 8.39. The Balaban J connectivity index is 2.56. The molecule has 0 radical (unpaired) electrons. The van der Waals surface area contributed by atoms with Crippen LogP contribution in [0.15, 0.2) is 54.1 Å². The fraction of sp³-hybridized carbons (Fsp3) is 0.190. The lowest BCUT2D eigenvalue weighted by Crippen LogP contribution is -2.14. The van der Waals surface area contributed by atoms with Gasteiger partial charge in [0, 0.05) is 17.2 Å². The standard InChI is InChI=1S/C21H22FNO4/c1-14(2)3-11-19-16(13-24)5-4-15(6-12-20(25)23-26)21(19)27-18-9-7-17(22)8-10-18/h3-10,12,24,26H,11,13H2,1-2H3,(H,23,25). The fourth-order valence-electron chi connectivity index (χ4n) is 2.44. The number of benzene rings is 2. The molecule has 0 saturated carbocycles. The molecule has 0 saturated heterocycles. The van der Waals surface area contributed by atoms with Crippen LogP contribution >= 0.6 is 0 Å². The average Bonchev–Trinajstić information content (AvgIpc) is 2.66. The Morgan fingerprint density at radius 2 is 1.89 bits per heavy atom. The molecule has 142 valence electrons. The molecule has 0 aliphatic carbocycles. The molecule has 0 bridgehead atoms. The molecule has 0 heterocycles. The second kappa shape index (κ2) is 9.66. The molecular formula is C21H22FNO4. The number of hydroxylamine groups is 1. The molecule has 5 nitrogen and oxygen atoms in total. The number of aliphatic hydroxyl groups is 1. The molecule has 1 amide bonds. The molecule has 0 fully saturated rings. The van der Waals surface area contributed by atoms with E-state index in [1.807, 2.05) is 19.9 Å². The predicted molar refractivity (Wildman–Crippen MR) is 101 cm³/mol. The topological polar surface area (TPSA) is 78.8 Å². The summed E-state index contributed by atoms with van der Waals surface area (Å²) in [5.41, 5.74) is 4.66. The monoisotopic (exact) mass is 371 g/mol. The quantitative estimate of drug-likeness (QED) is 0.296. The lowest BCUT2D eigenvalue weighted by Gasteiger charge is -2.17. The van der Waals surface area contributed by atoms with Gasteiger partial charge in [-0.15, -0.1) is 0 Å². The maximum absolute atomic E-state index is 13.2. The maximum atomic E-state index is 13.2. The second-order valence-corrected chi connectivity index (χ2v) is 6.13. The summed E-state index contributed by atoms with van der Waals surface area (Å²) in [6, 6.07) is 9.03. The third-order valence-electron chi connectivity index (χ3n) is 3.83. The van der Waals surface area contributed by atoms with Crippen LogP contribution in [0.5, 0.6) is 11.5 Å². The normalized spacial score (nSPS) is 10.7. The van der Waals surface area contributed by atoms with Gasteiger partial charge in [-0.1, -0.05) is 23.8 Å². The van der Waals surface area contributed by atoms with E-state index in [-0.39, 0.29) is 12.4 Å². The zero-order chi connectivity index (χ0) is 19.8. The Morgan fingerprint density at radius 3 is 2.48 bits per heavy atom. The highest BCUT2D eigenvalue weighted by atomic mass is 19.1. The Morgan fingerprint density at radius 1 is 1.19 bits per heavy atom. The van der Waals surface area contributed by atoms with Crippen LogP contribution in [0.1, 0.15) is 30.5 Å². The van der Waals surface area contributed by atoms with Crippen LogP contribution in [0.25, 0.3) is 6.08 Å². The van der Waals surface area contributed by atoms with E-state index in [9.17, 15) is 14.3 Å². The molecule has 0 aromatic heterocycles. The molecular weight excluding hydrogens is 349 g/mol. The van der Waals surface area contributed by atoms with Crippen LogP contribution in [0.2, 0.25) is 0 Å². The Bertz CT molecular complexity index is 853. The highest BCUT2D eigenvalue weighted by molar-refractivity contribution is 5.91. The van der Waals surface area contributed by atoms with Crippen LogP contribution in [0.4, 0.5) is 4.39 Å². The molecule has 0 unspecified atom stereocenters. The molecule has 0 atom stereocenters. The molecule has 0 spiro atoms. The van der Waals surface area contributed by atoms with Crippen molar-refractivity contribution in [2.45, 2.75) is 26.9 Å². The van der Waals surface area contributed by atoms with E-state index < -0.39 is 5.91 Å². The number of halogens is 1. The average molecular weight is 371 g/mol. The van der Waals surface area contributed by atoms with E-state index >= 15 is 0 Å². The van der Waals surface area contributed by atoms with Gasteiger partial charge in [-0.05, 0) is 56.2 Å². The van der Waals surface area contributed by atoms with Crippen molar-refractivity contribution in [3.8, 4) is 11.5 Å². The Labute approximate surface area is 157 Å². The van der Waals surface area contributed by atoms with Crippen molar-refractivity contribution in [3.05, 3.63) is 76.6 Å². The molecule has 2 rings (SSSR count). The number of nitrogens with one attached hydrogen (secondary N) is 1. The summed E-state index contributed by atoms with van der Waals surface area (Å²) in [5.74, 6) is -0.186. The number of ether oxygens (including phenoxy) is 1. The first kappa shape index (κ1) is 20.4. The van der Waals surface area contributed by atoms with Gasteiger partial charge in [0.05, 0.1) is 6.61 Å². The van der Waals surface area contributed by atoms with Gasteiger partial charge in [-0.2, -0.15) is 0 Å². The lowest BCUT2D eigenvalue weighted by molar-refractivity contribution is -0.124. The molecule has 3 N–H and O–H groups in total. The summed E-state index contributed by atoms with van der Waals surface area (Å²) < 4.78 is 19.2. The van der Waals surface area contributed by atoms with E-state index in [4.69, 9.17) is 9.94 Å². The van der Waals surface area contributed by atoms with Crippen molar-refractivity contribution in [2.75, 3.05) is 0 Å². The number of amides is 1. The van der Waals surface area contributed by atoms with Crippen molar-refractivity contribution in [3.63, 3.8) is 0 Å². The molecule has 2 aromatic carbocycles. The minimum absolute atomic E-state index is 0.174. The van der Waals surface area contributed by atoms with Gasteiger partial charge >= 0.3 is 0 Å². The summed E-state index contributed by atoms with van der Waals surface area (Å²) in [5, 5.41) is 18.4. The van der Waals surface area contributed by atoms with Gasteiger partial charge in [0.15, 0.2) is 0 Å². The number of carbonyl (C=O) groups is 1. The van der Waals surface area contributed by atoms with E-state index in [0.717, 1.165) is 17.2 Å². The van der Waals surface area contributed by atoms with E-state index in [1.165, 1.54) is 35.8 Å². The van der Waals surface area contributed by atoms with Gasteiger partial charge in [0.25, 0.3) is 5.91 Å². The molecule has 0 aliphatic rings. The maximum Gasteiger partial charge on any atom is 0.267 e. The summed E-state index contributed by atoms with van der Waals surface area (Å²) in [6.45, 7) is 3.76. The van der Waals surface area contributed by atoms with Crippen LogP contribution in [0, 0.1) is 5.82 Å². The number of rotatable bonds is 7. The fourth-order valence-corrected chi connectivity index (χ4v) is 2.44. The van der Waals surface area contributed by atoms with Crippen LogP contribution < -0.4 is 10.2 Å². The van der Waals surface area contributed by atoms with Gasteiger partial charge < -0.3 is 9.84 Å². The molecule has 0 aliphatic heterocycles. The summed E-state index contributed by atoms with van der Waals surface area (Å²) in [6.07, 6.45) is 5.18. The van der Waals surface area contributed by atoms with Crippen molar-refractivity contribution < 1.29 is 24.2 Å². The first-order valence-electron chi connectivity index (χ1n) is 8.39. The van der Waals surface area contributed by atoms with Gasteiger partial charge in [0.1, 0.15) is 17.3 Å². The van der Waals surface area contributed by atoms with Gasteiger partial charge in [-0.25, -0.2) is 9.87 Å². The number of allylic oxidation sites excluding steroid dienone is 2. The number of hydrogen-bond donors (Lipinski definition) is 3. The summed E-state index contributed by atoms with van der Waals surface area (Å²) in [7, 11) is 0. The summed E-state index contributed by atoms with van der Waals surface area (Å²) >= 11 is 0. The number of carbonyl (C=O) groups excluding carboxylic acids is 1. The molecule has 6 heteroatoms. The van der Waals surface area contributed by atoms with Crippen molar-refractivity contribution in [2.24, 2.45) is 0 Å². The zero-order valence-electron chi connectivity index (χ0n) is 15.2. The van der Waals surface area contributed by atoms with E-state index in [0.29, 0.717) is 29.0 Å². The highest BCUT2D eigenvalue weighted by Crippen LogP contribution is 2.34. The predicted octanol–water partition coefficient (Wildman–Crippen LogP) is 4.14. The smallest absolute Gasteiger partial charge is 0.267 e. The Kier molecular flexibility index (Phi) is 7.28. The largest absolute Gasteiger partial charge is 0.456 e. The minimum Gasteiger partial charge on any atom is -0.456 e. The third-order valence-corrected chi connectivity index (χ3v) is 3.83. The van der Waals surface area contributed by atoms with Crippen molar-refractivity contribution >= 4 is 12.0 Å². The molecule has 27 heavy (non-hydrogen) atoms. The van der Waals surface area contributed by atoms with Crippen LogP contribution in [-0.2, 0) is 17.8 Å². The molecule has 2 aromatic rings. The summed E-state index contributed by atoms with van der Waals surface area (Å²) in [4.78, 5) is 11.3. The SMILES string of the molecule is CC(C)=CCc1c(CO)ccc(C=CC(=O)NO)c1Oc1ccc(F)cc1. The first-order chi connectivity index (χ1) is 12.9. The van der Waals surface area contributed by atoms with Crippen LogP contribution in [0.3, 0.4) is 0 Å². The van der Waals surface area contributed by atoms with Crippen molar-refractivity contribution in [1.29, 1.82) is 0 Å². The Hall–Kier alpha value is -2.96. The van der Waals surface area contributed by atoms with Crippen LogP contribution in [-0.4, -0.2) is 16.2 Å². The van der Waals surface area contributed by atoms with Gasteiger partial charge in [0.2, 0.25) is 0 Å². The second-order valence-electron chi connectivity index (χ2n) is 6.13. The lowest BCUT2D eigenvalue weighted by atomic mass is 9.98. The van der Waals surface area contributed by atoms with E-state index in [1.54, 1.807) is 12.1 Å². The van der Waals surface area contributed by atoms with Gasteiger partial charge in [-0.3, -0.25) is 10.0 Å². The van der Waals surface area contributed by atoms with E-state index in [2.05, 4.69) is 0 Å². The highest BCUT2D eigenvalue weighted by Gasteiger charge is 2.14. The zero-order valence-corrected chi connectivity index (χ0v) is 15.2.